The van der Waals surface area contributed by atoms with Gasteiger partial charge >= 0.3 is 11.8 Å². The van der Waals surface area contributed by atoms with Gasteiger partial charge in [0.1, 0.15) is 0 Å². The fraction of sp³-hybridized carbons (Fsp3) is 0.529. The Morgan fingerprint density at radius 2 is 1.64 bits per heavy atom. The Kier molecular flexibility index (Phi) is 9.34. The van der Waals surface area contributed by atoms with E-state index in [9.17, 15) is 9.59 Å². The van der Waals surface area contributed by atoms with Crippen LogP contribution in [0.3, 0.4) is 0 Å². The second kappa shape index (κ2) is 11.3. The van der Waals surface area contributed by atoms with Gasteiger partial charge in [0, 0.05) is 37.9 Å². The molecule has 2 amide bonds. The van der Waals surface area contributed by atoms with Crippen LogP contribution in [-0.2, 0) is 19.1 Å². The fourth-order valence-electron chi connectivity index (χ4n) is 2.07. The molecule has 0 aliphatic carbocycles. The third-order valence-electron chi connectivity index (χ3n) is 3.22. The van der Waals surface area contributed by atoms with Crippen molar-refractivity contribution in [1.82, 2.24) is 5.32 Å². The number of amides is 2. The standard InChI is InChI=1S/C17H26N2O6/c1-5-24-15(25-6-2)9-10-18-16(20)17(21)19-12-7-8-13(22-3)14(11-12)23-4/h7-8,11,15H,5-6,9-10H2,1-4H3,(H,18,20)(H,19,21). The van der Waals surface area contributed by atoms with Crippen LogP contribution in [0, 0.1) is 0 Å². The monoisotopic (exact) mass is 354 g/mol. The summed E-state index contributed by atoms with van der Waals surface area (Å²) in [4.78, 5) is 23.8. The third kappa shape index (κ3) is 6.98. The van der Waals surface area contributed by atoms with Crippen LogP contribution < -0.4 is 20.1 Å². The van der Waals surface area contributed by atoms with Gasteiger partial charge in [-0.3, -0.25) is 9.59 Å². The summed E-state index contributed by atoms with van der Waals surface area (Å²) in [7, 11) is 3.00. The van der Waals surface area contributed by atoms with Crippen molar-refractivity contribution in [3.63, 3.8) is 0 Å². The van der Waals surface area contributed by atoms with Crippen LogP contribution >= 0.6 is 0 Å². The molecule has 0 fully saturated rings. The Balaban J connectivity index is 2.50. The van der Waals surface area contributed by atoms with E-state index in [2.05, 4.69) is 10.6 Å². The average Bonchev–Trinajstić information content (AvgIpc) is 2.61. The zero-order valence-corrected chi connectivity index (χ0v) is 15.1. The molecule has 0 aromatic heterocycles. The van der Waals surface area contributed by atoms with E-state index in [0.29, 0.717) is 36.8 Å². The van der Waals surface area contributed by atoms with Crippen LogP contribution in [0.1, 0.15) is 20.3 Å². The molecule has 0 aliphatic heterocycles. The molecule has 25 heavy (non-hydrogen) atoms. The SMILES string of the molecule is CCOC(CCNC(=O)C(=O)Nc1ccc(OC)c(OC)c1)OCC. The lowest BCUT2D eigenvalue weighted by molar-refractivity contribution is -0.142. The van der Waals surface area contributed by atoms with Crippen molar-refractivity contribution >= 4 is 17.5 Å². The first-order valence-corrected chi connectivity index (χ1v) is 8.10. The summed E-state index contributed by atoms with van der Waals surface area (Å²) in [6.07, 6.45) is 0.0565. The predicted octanol–water partition coefficient (Wildman–Crippen LogP) is 1.55. The minimum absolute atomic E-state index is 0.267. The highest BCUT2D eigenvalue weighted by Gasteiger charge is 2.16. The molecule has 1 rings (SSSR count). The summed E-state index contributed by atoms with van der Waals surface area (Å²) >= 11 is 0. The van der Waals surface area contributed by atoms with Gasteiger partial charge < -0.3 is 29.6 Å². The summed E-state index contributed by atoms with van der Waals surface area (Å²) in [6.45, 7) is 5.02. The van der Waals surface area contributed by atoms with E-state index in [1.165, 1.54) is 14.2 Å². The number of nitrogens with one attached hydrogen (secondary N) is 2. The number of ether oxygens (including phenoxy) is 4. The minimum Gasteiger partial charge on any atom is -0.493 e. The van der Waals surface area contributed by atoms with Crippen LogP contribution in [0.4, 0.5) is 5.69 Å². The van der Waals surface area contributed by atoms with E-state index in [1.54, 1.807) is 18.2 Å². The molecular formula is C17H26N2O6. The van der Waals surface area contributed by atoms with Crippen LogP contribution in [-0.4, -0.2) is 52.1 Å². The lowest BCUT2D eigenvalue weighted by Gasteiger charge is -2.16. The molecule has 0 saturated carbocycles. The first kappa shape index (κ1) is 20.7. The van der Waals surface area contributed by atoms with Gasteiger partial charge in [-0.25, -0.2) is 0 Å². The van der Waals surface area contributed by atoms with Crippen LogP contribution in [0.15, 0.2) is 18.2 Å². The molecule has 0 unspecified atom stereocenters. The second-order valence-electron chi connectivity index (χ2n) is 4.91. The number of methoxy groups -OCH3 is 2. The molecule has 8 heteroatoms. The van der Waals surface area contributed by atoms with Crippen molar-refractivity contribution in [3.8, 4) is 11.5 Å². The topological polar surface area (TPSA) is 95.1 Å². The van der Waals surface area contributed by atoms with Gasteiger partial charge in [-0.1, -0.05) is 0 Å². The largest absolute Gasteiger partial charge is 0.493 e. The number of hydrogen-bond acceptors (Lipinski definition) is 6. The summed E-state index contributed by atoms with van der Waals surface area (Å²) in [5, 5.41) is 5.04. The van der Waals surface area contributed by atoms with Gasteiger partial charge in [-0.05, 0) is 26.0 Å². The van der Waals surface area contributed by atoms with E-state index in [-0.39, 0.29) is 6.54 Å². The maximum absolute atomic E-state index is 11.9. The third-order valence-corrected chi connectivity index (χ3v) is 3.22. The van der Waals surface area contributed by atoms with Crippen molar-refractivity contribution in [1.29, 1.82) is 0 Å². The quantitative estimate of drug-likeness (QED) is 0.489. The van der Waals surface area contributed by atoms with Crippen LogP contribution in [0.5, 0.6) is 11.5 Å². The fourth-order valence-corrected chi connectivity index (χ4v) is 2.07. The zero-order valence-electron chi connectivity index (χ0n) is 15.1. The highest BCUT2D eigenvalue weighted by molar-refractivity contribution is 6.39. The van der Waals surface area contributed by atoms with Crippen LogP contribution in [0.25, 0.3) is 0 Å². The molecule has 0 bridgehead atoms. The molecule has 0 radical (unpaired) electrons. The van der Waals surface area contributed by atoms with Crippen molar-refractivity contribution in [3.05, 3.63) is 18.2 Å². The number of carbonyl (C=O) groups excluding carboxylic acids is 2. The average molecular weight is 354 g/mol. The Hall–Kier alpha value is -2.32. The number of hydrogen-bond donors (Lipinski definition) is 2. The maximum atomic E-state index is 11.9. The Morgan fingerprint density at radius 3 is 2.20 bits per heavy atom. The van der Waals surface area contributed by atoms with Crippen molar-refractivity contribution < 1.29 is 28.5 Å². The number of rotatable bonds is 10. The van der Waals surface area contributed by atoms with E-state index >= 15 is 0 Å². The highest BCUT2D eigenvalue weighted by atomic mass is 16.7. The Labute approximate surface area is 147 Å². The number of anilines is 1. The predicted molar refractivity (Wildman–Crippen MR) is 92.8 cm³/mol. The van der Waals surface area contributed by atoms with Gasteiger partial charge in [-0.2, -0.15) is 0 Å². The lowest BCUT2D eigenvalue weighted by atomic mass is 10.2. The van der Waals surface area contributed by atoms with Crippen molar-refractivity contribution in [2.24, 2.45) is 0 Å². The molecule has 1 aromatic rings. The molecule has 2 N–H and O–H groups in total. The summed E-state index contributed by atoms with van der Waals surface area (Å²) in [6, 6.07) is 4.83. The number of carbonyl (C=O) groups is 2. The first-order valence-electron chi connectivity index (χ1n) is 8.10. The summed E-state index contributed by atoms with van der Waals surface area (Å²) < 4.78 is 21.0. The Morgan fingerprint density at radius 1 is 1.00 bits per heavy atom. The molecule has 0 aliphatic rings. The molecule has 8 nitrogen and oxygen atoms in total. The molecule has 0 spiro atoms. The molecule has 0 heterocycles. The van der Waals surface area contributed by atoms with Gasteiger partial charge in [0.05, 0.1) is 14.2 Å². The number of benzene rings is 1. The van der Waals surface area contributed by atoms with Gasteiger partial charge in [0.2, 0.25) is 0 Å². The second-order valence-corrected chi connectivity index (χ2v) is 4.91. The summed E-state index contributed by atoms with van der Waals surface area (Å²) in [5.41, 5.74) is 0.430. The minimum atomic E-state index is -0.767. The lowest BCUT2D eigenvalue weighted by Crippen LogP contribution is -2.37. The Bertz CT molecular complexity index is 558. The van der Waals surface area contributed by atoms with Crippen molar-refractivity contribution in [2.45, 2.75) is 26.6 Å². The molecule has 0 atom stereocenters. The van der Waals surface area contributed by atoms with Crippen molar-refractivity contribution in [2.75, 3.05) is 39.3 Å². The summed E-state index contributed by atoms with van der Waals surface area (Å²) in [5.74, 6) is -0.516. The molecular weight excluding hydrogens is 328 g/mol. The van der Waals surface area contributed by atoms with Gasteiger partial charge in [0.15, 0.2) is 17.8 Å². The maximum Gasteiger partial charge on any atom is 0.313 e. The molecule has 1 aromatic carbocycles. The van der Waals surface area contributed by atoms with E-state index in [1.807, 2.05) is 13.8 Å². The molecule has 140 valence electrons. The normalized spacial score (nSPS) is 10.4. The van der Waals surface area contributed by atoms with E-state index in [4.69, 9.17) is 18.9 Å². The zero-order chi connectivity index (χ0) is 18.7. The van der Waals surface area contributed by atoms with E-state index < -0.39 is 18.1 Å². The molecule has 0 saturated heterocycles. The highest BCUT2D eigenvalue weighted by Crippen LogP contribution is 2.29. The van der Waals surface area contributed by atoms with Crippen LogP contribution in [0.2, 0.25) is 0 Å². The smallest absolute Gasteiger partial charge is 0.313 e. The van der Waals surface area contributed by atoms with Gasteiger partial charge in [0.25, 0.3) is 0 Å². The first-order chi connectivity index (χ1) is 12.0. The van der Waals surface area contributed by atoms with E-state index in [0.717, 1.165) is 0 Å². The van der Waals surface area contributed by atoms with Gasteiger partial charge in [-0.15, -0.1) is 0 Å².